The first-order chi connectivity index (χ1) is 13.4. The maximum absolute atomic E-state index is 13.8. The highest BCUT2D eigenvalue weighted by atomic mass is 19.2. The number of nitrogens with zero attached hydrogens (tertiary/aromatic N) is 2. The topological polar surface area (TPSA) is 35.6 Å². The maximum atomic E-state index is 13.8. The van der Waals surface area contributed by atoms with Crippen molar-refractivity contribution in [2.45, 2.75) is 26.4 Å². The van der Waals surface area contributed by atoms with Crippen molar-refractivity contribution in [2.75, 3.05) is 31.5 Å². The number of halogens is 3. The molecule has 1 aliphatic heterocycles. The number of carbonyl (C=O) groups is 1. The predicted molar refractivity (Wildman–Crippen MR) is 102 cm³/mol. The molecular formula is C21H24F3N3O. The van der Waals surface area contributed by atoms with Gasteiger partial charge in [-0.05, 0) is 37.1 Å². The minimum absolute atomic E-state index is 0.353. The molecule has 1 N–H and O–H groups in total. The van der Waals surface area contributed by atoms with Crippen LogP contribution in [0.2, 0.25) is 0 Å². The number of benzene rings is 2. The zero-order chi connectivity index (χ0) is 20.3. The third kappa shape index (κ3) is 4.54. The van der Waals surface area contributed by atoms with Gasteiger partial charge in [0.05, 0.1) is 11.7 Å². The summed E-state index contributed by atoms with van der Waals surface area (Å²) >= 11 is 0. The van der Waals surface area contributed by atoms with Crippen LogP contribution in [0, 0.1) is 24.4 Å². The number of nitrogens with one attached hydrogen (secondary N) is 1. The summed E-state index contributed by atoms with van der Waals surface area (Å²) in [5, 5.41) is 2.36. The molecule has 0 saturated carbocycles. The first-order valence-electron chi connectivity index (χ1n) is 9.32. The molecule has 1 fully saturated rings. The summed E-state index contributed by atoms with van der Waals surface area (Å²) in [5.41, 5.74) is 2.19. The van der Waals surface area contributed by atoms with Crippen LogP contribution in [-0.2, 0) is 11.3 Å². The van der Waals surface area contributed by atoms with Crippen LogP contribution in [0.1, 0.15) is 18.1 Å². The van der Waals surface area contributed by atoms with Gasteiger partial charge in [0.15, 0.2) is 17.5 Å². The van der Waals surface area contributed by atoms with Crippen LogP contribution >= 0.6 is 0 Å². The van der Waals surface area contributed by atoms with Crippen molar-refractivity contribution >= 4 is 11.6 Å². The fraction of sp³-hybridized carbons (Fsp3) is 0.381. The molecular weight excluding hydrogens is 367 g/mol. The number of rotatable bonds is 5. The molecule has 1 aliphatic rings. The molecule has 0 aliphatic carbocycles. The Bertz CT molecular complexity index is 851. The normalized spacial score (nSPS) is 16.8. The van der Waals surface area contributed by atoms with Crippen molar-refractivity contribution in [1.82, 2.24) is 9.80 Å². The van der Waals surface area contributed by atoms with Gasteiger partial charge in [0.1, 0.15) is 0 Å². The van der Waals surface area contributed by atoms with Gasteiger partial charge in [0.25, 0.3) is 0 Å². The van der Waals surface area contributed by atoms with Crippen LogP contribution in [0.4, 0.5) is 18.9 Å². The van der Waals surface area contributed by atoms with E-state index in [1.807, 2.05) is 17.0 Å². The van der Waals surface area contributed by atoms with Crippen LogP contribution in [0.25, 0.3) is 0 Å². The van der Waals surface area contributed by atoms with Crippen molar-refractivity contribution in [3.63, 3.8) is 0 Å². The minimum Gasteiger partial charge on any atom is -0.322 e. The highest BCUT2D eigenvalue weighted by Gasteiger charge is 2.26. The molecule has 7 heteroatoms. The number of hydrogen-bond acceptors (Lipinski definition) is 3. The average Bonchev–Trinajstić information content (AvgIpc) is 2.70. The summed E-state index contributed by atoms with van der Waals surface area (Å²) in [6.45, 7) is 7.69. The largest absolute Gasteiger partial charge is 0.322 e. The second-order valence-electron chi connectivity index (χ2n) is 7.13. The van der Waals surface area contributed by atoms with E-state index in [1.54, 1.807) is 6.92 Å². The Morgan fingerprint density at radius 2 is 1.71 bits per heavy atom. The zero-order valence-electron chi connectivity index (χ0n) is 16.0. The molecule has 4 nitrogen and oxygen atoms in total. The highest BCUT2D eigenvalue weighted by Crippen LogP contribution is 2.20. The van der Waals surface area contributed by atoms with E-state index in [2.05, 4.69) is 29.3 Å². The second kappa shape index (κ2) is 8.75. The summed E-state index contributed by atoms with van der Waals surface area (Å²) in [6, 6.07) is 9.58. The van der Waals surface area contributed by atoms with Gasteiger partial charge in [-0.1, -0.05) is 24.3 Å². The molecule has 28 heavy (non-hydrogen) atoms. The third-order valence-electron chi connectivity index (χ3n) is 5.28. The van der Waals surface area contributed by atoms with E-state index >= 15 is 0 Å². The van der Waals surface area contributed by atoms with Crippen LogP contribution < -0.4 is 5.32 Å². The standard InChI is InChI=1S/C21H24F3N3O/c1-14-5-3-4-6-16(14)13-26-9-11-27(12-10-26)15(2)21(28)25-18-8-7-17(22)19(23)20(18)24/h3-8,15H,9-13H2,1-2H3,(H,25,28)/t15-/m1/s1. The summed E-state index contributed by atoms with van der Waals surface area (Å²) < 4.78 is 40.1. The quantitative estimate of drug-likeness (QED) is 0.792. The SMILES string of the molecule is Cc1ccccc1CN1CCN([C@H](C)C(=O)Nc2ccc(F)c(F)c2F)CC1. The lowest BCUT2D eigenvalue weighted by atomic mass is 10.1. The van der Waals surface area contributed by atoms with E-state index in [0.29, 0.717) is 13.1 Å². The average molecular weight is 391 g/mol. The van der Waals surface area contributed by atoms with Crippen molar-refractivity contribution in [3.8, 4) is 0 Å². The molecule has 1 heterocycles. The lowest BCUT2D eigenvalue weighted by molar-refractivity contribution is -0.121. The molecule has 0 aromatic heterocycles. The Balaban J connectivity index is 1.55. The molecule has 1 amide bonds. The molecule has 0 unspecified atom stereocenters. The van der Waals surface area contributed by atoms with E-state index < -0.39 is 29.4 Å². The van der Waals surface area contributed by atoms with Gasteiger partial charge in [0.2, 0.25) is 5.91 Å². The van der Waals surface area contributed by atoms with E-state index in [9.17, 15) is 18.0 Å². The Morgan fingerprint density at radius 1 is 1.04 bits per heavy atom. The van der Waals surface area contributed by atoms with E-state index in [4.69, 9.17) is 0 Å². The minimum atomic E-state index is -1.59. The van der Waals surface area contributed by atoms with Gasteiger partial charge in [-0.2, -0.15) is 0 Å². The van der Waals surface area contributed by atoms with Crippen LogP contribution in [0.5, 0.6) is 0 Å². The van der Waals surface area contributed by atoms with Crippen molar-refractivity contribution in [1.29, 1.82) is 0 Å². The molecule has 1 saturated heterocycles. The van der Waals surface area contributed by atoms with Crippen LogP contribution in [-0.4, -0.2) is 47.9 Å². The summed E-state index contributed by atoms with van der Waals surface area (Å²) in [5.74, 6) is -4.70. The van der Waals surface area contributed by atoms with Crippen molar-refractivity contribution < 1.29 is 18.0 Å². The summed E-state index contributed by atoms with van der Waals surface area (Å²) in [7, 11) is 0. The Hall–Kier alpha value is -2.38. The molecule has 1 atom stereocenters. The first-order valence-corrected chi connectivity index (χ1v) is 9.32. The number of carbonyl (C=O) groups excluding carboxylic acids is 1. The second-order valence-corrected chi connectivity index (χ2v) is 7.13. The zero-order valence-corrected chi connectivity index (χ0v) is 16.0. The first kappa shape index (κ1) is 20.4. The Kier molecular flexibility index (Phi) is 6.36. The maximum Gasteiger partial charge on any atom is 0.241 e. The third-order valence-corrected chi connectivity index (χ3v) is 5.28. The van der Waals surface area contributed by atoms with Gasteiger partial charge in [-0.3, -0.25) is 14.6 Å². The van der Waals surface area contributed by atoms with Crippen LogP contribution in [0.15, 0.2) is 36.4 Å². The van der Waals surface area contributed by atoms with Gasteiger partial charge >= 0.3 is 0 Å². The molecule has 2 aromatic carbocycles. The fourth-order valence-corrected chi connectivity index (χ4v) is 3.36. The molecule has 0 bridgehead atoms. The highest BCUT2D eigenvalue weighted by molar-refractivity contribution is 5.94. The number of piperazine rings is 1. The van der Waals surface area contributed by atoms with Crippen molar-refractivity contribution in [3.05, 3.63) is 65.0 Å². The lowest BCUT2D eigenvalue weighted by Crippen LogP contribution is -2.52. The molecule has 150 valence electrons. The van der Waals surface area contributed by atoms with Gasteiger partial charge in [-0.15, -0.1) is 0 Å². The van der Waals surface area contributed by atoms with E-state index in [1.165, 1.54) is 11.1 Å². The van der Waals surface area contributed by atoms with Gasteiger partial charge in [0, 0.05) is 32.7 Å². The predicted octanol–water partition coefficient (Wildman–Crippen LogP) is 3.56. The number of amides is 1. The Morgan fingerprint density at radius 3 is 2.39 bits per heavy atom. The van der Waals surface area contributed by atoms with E-state index in [0.717, 1.165) is 31.8 Å². The molecule has 0 radical (unpaired) electrons. The number of anilines is 1. The van der Waals surface area contributed by atoms with Crippen LogP contribution in [0.3, 0.4) is 0 Å². The summed E-state index contributed by atoms with van der Waals surface area (Å²) in [6.07, 6.45) is 0. The summed E-state index contributed by atoms with van der Waals surface area (Å²) in [4.78, 5) is 16.8. The fourth-order valence-electron chi connectivity index (χ4n) is 3.36. The number of hydrogen-bond donors (Lipinski definition) is 1. The molecule has 0 spiro atoms. The van der Waals surface area contributed by atoms with Gasteiger partial charge < -0.3 is 5.32 Å². The van der Waals surface area contributed by atoms with Crippen molar-refractivity contribution in [2.24, 2.45) is 0 Å². The monoisotopic (exact) mass is 391 g/mol. The molecule has 2 aromatic rings. The van der Waals surface area contributed by atoms with Gasteiger partial charge in [-0.25, -0.2) is 13.2 Å². The molecule has 3 rings (SSSR count). The smallest absolute Gasteiger partial charge is 0.241 e. The lowest BCUT2D eigenvalue weighted by Gasteiger charge is -2.37. The Labute approximate surface area is 162 Å². The van der Waals surface area contributed by atoms with E-state index in [-0.39, 0.29) is 5.69 Å². The number of aryl methyl sites for hydroxylation is 1.